The molecule has 2 rings (SSSR count). The van der Waals surface area contributed by atoms with Gasteiger partial charge in [-0.15, -0.1) is 0 Å². The summed E-state index contributed by atoms with van der Waals surface area (Å²) < 4.78 is 0. The predicted octanol–water partition coefficient (Wildman–Crippen LogP) is 0.460. The molecule has 1 aliphatic heterocycles. The summed E-state index contributed by atoms with van der Waals surface area (Å²) in [6.07, 6.45) is 0. The molecule has 0 bridgehead atoms. The number of carbonyl (C=O) groups is 1. The fourth-order valence-electron chi connectivity index (χ4n) is 2.03. The highest BCUT2D eigenvalue weighted by molar-refractivity contribution is 5.83. The zero-order chi connectivity index (χ0) is 12.3. The fourth-order valence-corrected chi connectivity index (χ4v) is 2.03. The van der Waals surface area contributed by atoms with Gasteiger partial charge >= 0.3 is 0 Å². The molecule has 17 heavy (non-hydrogen) atoms. The number of hydrogen-bond acceptors (Lipinski definition) is 3. The summed E-state index contributed by atoms with van der Waals surface area (Å²) in [5.41, 5.74) is 6.88. The Kier molecular flexibility index (Phi) is 3.76. The number of hydrogen-bond donors (Lipinski definition) is 1. The van der Waals surface area contributed by atoms with Gasteiger partial charge in [0, 0.05) is 26.2 Å². The zero-order valence-electron chi connectivity index (χ0n) is 10.2. The van der Waals surface area contributed by atoms with E-state index in [1.165, 1.54) is 0 Å². The van der Waals surface area contributed by atoms with Crippen molar-refractivity contribution in [3.8, 4) is 0 Å². The largest absolute Gasteiger partial charge is 0.338 e. The first kappa shape index (κ1) is 12.1. The van der Waals surface area contributed by atoms with E-state index in [-0.39, 0.29) is 5.91 Å². The van der Waals surface area contributed by atoms with Crippen molar-refractivity contribution in [2.75, 3.05) is 33.2 Å². The number of benzene rings is 1. The molecule has 4 heteroatoms. The summed E-state index contributed by atoms with van der Waals surface area (Å²) >= 11 is 0. The molecule has 92 valence electrons. The van der Waals surface area contributed by atoms with E-state index < -0.39 is 6.04 Å². The van der Waals surface area contributed by atoms with Gasteiger partial charge in [-0.3, -0.25) is 4.79 Å². The molecule has 1 aromatic rings. The molecule has 1 aromatic carbocycles. The fraction of sp³-hybridized carbons (Fsp3) is 0.462. The van der Waals surface area contributed by atoms with E-state index in [0.29, 0.717) is 0 Å². The second-order valence-electron chi connectivity index (χ2n) is 4.52. The van der Waals surface area contributed by atoms with Gasteiger partial charge in [-0.05, 0) is 12.6 Å². The van der Waals surface area contributed by atoms with E-state index in [2.05, 4.69) is 11.9 Å². The Balaban J connectivity index is 2.00. The van der Waals surface area contributed by atoms with Crippen molar-refractivity contribution in [2.24, 2.45) is 5.73 Å². The molecule has 0 saturated carbocycles. The lowest BCUT2D eigenvalue weighted by molar-refractivity contribution is -0.134. The Morgan fingerprint density at radius 1 is 1.18 bits per heavy atom. The van der Waals surface area contributed by atoms with Crippen molar-refractivity contribution in [1.29, 1.82) is 0 Å². The molecule has 1 atom stereocenters. The van der Waals surface area contributed by atoms with Gasteiger partial charge in [0.15, 0.2) is 0 Å². The second kappa shape index (κ2) is 5.29. The maximum Gasteiger partial charge on any atom is 0.244 e. The Labute approximate surface area is 102 Å². The van der Waals surface area contributed by atoms with E-state index in [1.807, 2.05) is 35.2 Å². The van der Waals surface area contributed by atoms with E-state index >= 15 is 0 Å². The third-order valence-corrected chi connectivity index (χ3v) is 3.24. The van der Waals surface area contributed by atoms with E-state index in [1.54, 1.807) is 0 Å². The van der Waals surface area contributed by atoms with Gasteiger partial charge in [0.2, 0.25) is 5.91 Å². The highest BCUT2D eigenvalue weighted by atomic mass is 16.2. The maximum atomic E-state index is 12.2. The molecule has 2 N–H and O–H groups in total. The number of rotatable bonds is 2. The lowest BCUT2D eigenvalue weighted by Crippen LogP contribution is -2.49. The van der Waals surface area contributed by atoms with Gasteiger partial charge in [-0.1, -0.05) is 30.3 Å². The SMILES string of the molecule is CN1CCN(C(=O)[C@@H](N)c2ccccc2)CC1. The van der Waals surface area contributed by atoms with Crippen LogP contribution in [0.25, 0.3) is 0 Å². The van der Waals surface area contributed by atoms with Gasteiger partial charge in [-0.2, -0.15) is 0 Å². The molecule has 0 unspecified atom stereocenters. The molecule has 0 radical (unpaired) electrons. The number of nitrogens with zero attached hydrogens (tertiary/aromatic N) is 2. The van der Waals surface area contributed by atoms with E-state index in [0.717, 1.165) is 31.7 Å². The zero-order valence-corrected chi connectivity index (χ0v) is 10.2. The Hall–Kier alpha value is -1.39. The average Bonchev–Trinajstić information content (AvgIpc) is 2.39. The molecule has 1 fully saturated rings. The normalized spacial score (nSPS) is 19.1. The molecule has 0 aromatic heterocycles. The molecule has 1 saturated heterocycles. The first-order valence-electron chi connectivity index (χ1n) is 5.96. The van der Waals surface area contributed by atoms with Gasteiger partial charge < -0.3 is 15.5 Å². The van der Waals surface area contributed by atoms with Crippen molar-refractivity contribution < 1.29 is 4.79 Å². The summed E-state index contributed by atoms with van der Waals surface area (Å²) in [6, 6.07) is 9.02. The summed E-state index contributed by atoms with van der Waals surface area (Å²) in [5, 5.41) is 0. The number of amides is 1. The first-order valence-corrected chi connectivity index (χ1v) is 5.96. The molecular weight excluding hydrogens is 214 g/mol. The van der Waals surface area contributed by atoms with Gasteiger partial charge in [0.05, 0.1) is 0 Å². The number of piperazine rings is 1. The number of carbonyl (C=O) groups excluding carboxylic acids is 1. The lowest BCUT2D eigenvalue weighted by Gasteiger charge is -2.33. The van der Waals surface area contributed by atoms with E-state index in [9.17, 15) is 4.79 Å². The van der Waals surface area contributed by atoms with Crippen LogP contribution in [0.4, 0.5) is 0 Å². The second-order valence-corrected chi connectivity index (χ2v) is 4.52. The molecule has 1 amide bonds. The van der Waals surface area contributed by atoms with Crippen molar-refractivity contribution in [1.82, 2.24) is 9.80 Å². The highest BCUT2D eigenvalue weighted by Gasteiger charge is 2.24. The van der Waals surface area contributed by atoms with Crippen LogP contribution in [-0.4, -0.2) is 48.9 Å². The summed E-state index contributed by atoms with van der Waals surface area (Å²) in [7, 11) is 2.07. The molecule has 4 nitrogen and oxygen atoms in total. The predicted molar refractivity (Wildman–Crippen MR) is 67.4 cm³/mol. The van der Waals surface area contributed by atoms with Crippen molar-refractivity contribution >= 4 is 5.91 Å². The van der Waals surface area contributed by atoms with Crippen LogP contribution in [0.2, 0.25) is 0 Å². The van der Waals surface area contributed by atoms with Crippen LogP contribution in [0.15, 0.2) is 30.3 Å². The number of nitrogens with two attached hydrogens (primary N) is 1. The Morgan fingerprint density at radius 2 is 1.76 bits per heavy atom. The van der Waals surface area contributed by atoms with Crippen LogP contribution in [0.5, 0.6) is 0 Å². The van der Waals surface area contributed by atoms with Crippen LogP contribution in [0, 0.1) is 0 Å². The maximum absolute atomic E-state index is 12.2. The van der Waals surface area contributed by atoms with Gasteiger partial charge in [0.1, 0.15) is 6.04 Å². The minimum atomic E-state index is -0.528. The Bertz CT molecular complexity index is 372. The third-order valence-electron chi connectivity index (χ3n) is 3.24. The van der Waals surface area contributed by atoms with E-state index in [4.69, 9.17) is 5.73 Å². The van der Waals surface area contributed by atoms with Crippen LogP contribution < -0.4 is 5.73 Å². The van der Waals surface area contributed by atoms with Crippen LogP contribution >= 0.6 is 0 Å². The quantitative estimate of drug-likeness (QED) is 0.807. The standard InChI is InChI=1S/C13H19N3O/c1-15-7-9-16(10-8-15)13(17)12(14)11-5-3-2-4-6-11/h2-6,12H,7-10,14H2,1H3/t12-/m0/s1. The average molecular weight is 233 g/mol. The number of likely N-dealkylation sites (N-methyl/N-ethyl adjacent to an activating group) is 1. The summed E-state index contributed by atoms with van der Waals surface area (Å²) in [6.45, 7) is 3.40. The van der Waals surface area contributed by atoms with Gasteiger partial charge in [-0.25, -0.2) is 0 Å². The van der Waals surface area contributed by atoms with Gasteiger partial charge in [0.25, 0.3) is 0 Å². The van der Waals surface area contributed by atoms with Crippen molar-refractivity contribution in [2.45, 2.75) is 6.04 Å². The van der Waals surface area contributed by atoms with Crippen molar-refractivity contribution in [3.63, 3.8) is 0 Å². The van der Waals surface area contributed by atoms with Crippen LogP contribution in [-0.2, 0) is 4.79 Å². The molecule has 0 aliphatic carbocycles. The monoisotopic (exact) mass is 233 g/mol. The van der Waals surface area contributed by atoms with Crippen LogP contribution in [0.3, 0.4) is 0 Å². The minimum absolute atomic E-state index is 0.0318. The molecular formula is C13H19N3O. The highest BCUT2D eigenvalue weighted by Crippen LogP contribution is 2.13. The smallest absolute Gasteiger partial charge is 0.244 e. The lowest BCUT2D eigenvalue weighted by atomic mass is 10.1. The van der Waals surface area contributed by atoms with Crippen LogP contribution in [0.1, 0.15) is 11.6 Å². The topological polar surface area (TPSA) is 49.6 Å². The minimum Gasteiger partial charge on any atom is -0.338 e. The summed E-state index contributed by atoms with van der Waals surface area (Å²) in [5.74, 6) is 0.0318. The molecule has 1 heterocycles. The Morgan fingerprint density at radius 3 is 2.35 bits per heavy atom. The summed E-state index contributed by atoms with van der Waals surface area (Å²) in [4.78, 5) is 16.3. The third kappa shape index (κ3) is 2.84. The first-order chi connectivity index (χ1) is 8.18. The molecule has 0 spiro atoms. The molecule has 1 aliphatic rings. The van der Waals surface area contributed by atoms with Crippen molar-refractivity contribution in [3.05, 3.63) is 35.9 Å².